The number of benzene rings is 2. The van der Waals surface area contributed by atoms with Crippen LogP contribution >= 0.6 is 23.8 Å². The smallest absolute Gasteiger partial charge is 0.232 e. The summed E-state index contributed by atoms with van der Waals surface area (Å²) in [6, 6.07) is 18.8. The number of aromatic nitrogens is 2. The Balaban J connectivity index is 1.61. The van der Waals surface area contributed by atoms with E-state index in [0.717, 1.165) is 11.3 Å². The molecule has 1 aromatic heterocycles. The molecular weight excluding hydrogens is 368 g/mol. The Morgan fingerprint density at radius 2 is 1.81 bits per heavy atom. The first-order chi connectivity index (χ1) is 12.6. The number of thiocarbonyl (C=S) groups is 1. The Kier molecular flexibility index (Phi) is 5.99. The summed E-state index contributed by atoms with van der Waals surface area (Å²) in [5.41, 5.74) is 1.84. The van der Waals surface area contributed by atoms with E-state index in [4.69, 9.17) is 28.6 Å². The highest BCUT2D eigenvalue weighted by molar-refractivity contribution is 7.80. The van der Waals surface area contributed by atoms with Gasteiger partial charge in [-0.1, -0.05) is 41.9 Å². The predicted molar refractivity (Wildman–Crippen MR) is 108 cm³/mol. The molecule has 7 heteroatoms. The Labute approximate surface area is 162 Å². The summed E-state index contributed by atoms with van der Waals surface area (Å²) in [7, 11) is 0. The molecule has 0 spiro atoms. The third-order valence-corrected chi connectivity index (χ3v) is 3.89. The molecule has 0 unspecified atom stereocenters. The molecule has 0 saturated carbocycles. The number of rotatable bonds is 5. The number of anilines is 1. The monoisotopic (exact) mass is 384 g/mol. The van der Waals surface area contributed by atoms with E-state index in [1.807, 2.05) is 61.5 Å². The maximum atomic E-state index is 5.88. The first-order valence-electron chi connectivity index (χ1n) is 7.96. The highest BCUT2D eigenvalue weighted by Gasteiger charge is 2.06. The standard InChI is InChI=1S/C19H17ClN4OS/c1-13-11-17(25-16-5-3-2-4-6-16)23-18(22-13)24-19(26)21-12-14-7-9-15(20)10-8-14/h2-11H,12H2,1H3,(H2,21,22,23,24,26). The van der Waals surface area contributed by atoms with Crippen molar-refractivity contribution in [1.82, 2.24) is 15.3 Å². The Morgan fingerprint density at radius 1 is 1.08 bits per heavy atom. The van der Waals surface area contributed by atoms with Crippen molar-refractivity contribution < 1.29 is 4.74 Å². The molecule has 0 atom stereocenters. The van der Waals surface area contributed by atoms with Gasteiger partial charge in [-0.25, -0.2) is 4.98 Å². The molecule has 2 N–H and O–H groups in total. The SMILES string of the molecule is Cc1cc(Oc2ccccc2)nc(NC(=S)NCc2ccc(Cl)cc2)n1. The van der Waals surface area contributed by atoms with Crippen LogP contribution in [-0.4, -0.2) is 15.1 Å². The second kappa shape index (κ2) is 8.60. The Morgan fingerprint density at radius 3 is 2.54 bits per heavy atom. The predicted octanol–water partition coefficient (Wildman–Crippen LogP) is 4.72. The minimum Gasteiger partial charge on any atom is -0.439 e. The van der Waals surface area contributed by atoms with E-state index < -0.39 is 0 Å². The van der Waals surface area contributed by atoms with Crippen molar-refractivity contribution in [3.8, 4) is 11.6 Å². The van der Waals surface area contributed by atoms with E-state index in [1.165, 1.54) is 0 Å². The molecule has 132 valence electrons. The minimum atomic E-state index is 0.379. The van der Waals surface area contributed by atoms with Crippen LogP contribution in [0.15, 0.2) is 60.7 Å². The van der Waals surface area contributed by atoms with Gasteiger partial charge < -0.3 is 15.4 Å². The topological polar surface area (TPSA) is 59.1 Å². The van der Waals surface area contributed by atoms with E-state index in [0.29, 0.717) is 34.3 Å². The van der Waals surface area contributed by atoms with E-state index in [9.17, 15) is 0 Å². The molecule has 0 aliphatic carbocycles. The number of para-hydroxylation sites is 1. The molecule has 2 aromatic carbocycles. The van der Waals surface area contributed by atoms with Crippen molar-refractivity contribution in [2.24, 2.45) is 0 Å². The third-order valence-electron chi connectivity index (χ3n) is 3.39. The van der Waals surface area contributed by atoms with Gasteiger partial charge in [0.25, 0.3) is 0 Å². The summed E-state index contributed by atoms with van der Waals surface area (Å²) in [5, 5.41) is 7.22. The third kappa shape index (κ3) is 5.40. The fourth-order valence-electron chi connectivity index (χ4n) is 2.19. The van der Waals surface area contributed by atoms with Gasteiger partial charge in [-0.05, 0) is 49.0 Å². The van der Waals surface area contributed by atoms with Crippen molar-refractivity contribution in [2.45, 2.75) is 13.5 Å². The first-order valence-corrected chi connectivity index (χ1v) is 8.75. The number of ether oxygens (including phenoxy) is 1. The fraction of sp³-hybridized carbons (Fsp3) is 0.105. The Hall–Kier alpha value is -2.70. The summed E-state index contributed by atoms with van der Waals surface area (Å²) in [6.07, 6.45) is 0. The van der Waals surface area contributed by atoms with Gasteiger partial charge in [0.05, 0.1) is 0 Å². The number of nitrogens with zero attached hydrogens (tertiary/aromatic N) is 2. The van der Waals surface area contributed by atoms with E-state index in [-0.39, 0.29) is 0 Å². The highest BCUT2D eigenvalue weighted by Crippen LogP contribution is 2.20. The van der Waals surface area contributed by atoms with Crippen LogP contribution in [0.25, 0.3) is 0 Å². The molecule has 0 aliphatic heterocycles. The summed E-state index contributed by atoms with van der Waals surface area (Å²) < 4.78 is 5.75. The van der Waals surface area contributed by atoms with Crippen molar-refractivity contribution in [2.75, 3.05) is 5.32 Å². The maximum Gasteiger partial charge on any atom is 0.232 e. The van der Waals surface area contributed by atoms with Crippen LogP contribution in [-0.2, 0) is 6.54 Å². The molecule has 26 heavy (non-hydrogen) atoms. The molecule has 0 fully saturated rings. The molecule has 3 rings (SSSR count). The van der Waals surface area contributed by atoms with Crippen molar-refractivity contribution in [3.63, 3.8) is 0 Å². The summed E-state index contributed by atoms with van der Waals surface area (Å²) in [5.74, 6) is 1.54. The lowest BCUT2D eigenvalue weighted by Gasteiger charge is -2.11. The molecule has 5 nitrogen and oxygen atoms in total. The quantitative estimate of drug-likeness (QED) is 0.621. The second-order valence-electron chi connectivity index (χ2n) is 5.52. The van der Waals surface area contributed by atoms with Crippen LogP contribution in [0.4, 0.5) is 5.95 Å². The van der Waals surface area contributed by atoms with Crippen LogP contribution < -0.4 is 15.4 Å². The van der Waals surface area contributed by atoms with Crippen molar-refractivity contribution in [3.05, 3.63) is 76.9 Å². The van der Waals surface area contributed by atoms with Crippen molar-refractivity contribution >= 4 is 34.9 Å². The van der Waals surface area contributed by atoms with Gasteiger partial charge >= 0.3 is 0 Å². The average molecular weight is 385 g/mol. The van der Waals surface area contributed by atoms with Gasteiger partial charge in [0, 0.05) is 23.3 Å². The molecule has 0 amide bonds. The second-order valence-corrected chi connectivity index (χ2v) is 6.37. The highest BCUT2D eigenvalue weighted by atomic mass is 35.5. The van der Waals surface area contributed by atoms with Gasteiger partial charge in [0.2, 0.25) is 11.8 Å². The van der Waals surface area contributed by atoms with E-state index >= 15 is 0 Å². The van der Waals surface area contributed by atoms with Gasteiger partial charge in [0.15, 0.2) is 5.11 Å². The molecule has 3 aromatic rings. The van der Waals surface area contributed by atoms with Gasteiger partial charge in [0.1, 0.15) is 5.75 Å². The van der Waals surface area contributed by atoms with Crippen LogP contribution in [0.5, 0.6) is 11.6 Å². The van der Waals surface area contributed by atoms with Crippen LogP contribution in [0.2, 0.25) is 5.02 Å². The summed E-state index contributed by atoms with van der Waals surface area (Å²) in [6.45, 7) is 2.44. The lowest BCUT2D eigenvalue weighted by Crippen LogP contribution is -2.28. The average Bonchev–Trinajstić information content (AvgIpc) is 2.61. The van der Waals surface area contributed by atoms with Gasteiger partial charge in [-0.15, -0.1) is 0 Å². The Bertz CT molecular complexity index is 888. The van der Waals surface area contributed by atoms with E-state index in [2.05, 4.69) is 20.6 Å². The molecular formula is C19H17ClN4OS. The van der Waals surface area contributed by atoms with Crippen LogP contribution in [0, 0.1) is 6.92 Å². The lowest BCUT2D eigenvalue weighted by atomic mass is 10.2. The summed E-state index contributed by atoms with van der Waals surface area (Å²) in [4.78, 5) is 8.68. The number of hydrogen-bond acceptors (Lipinski definition) is 4. The van der Waals surface area contributed by atoms with Crippen molar-refractivity contribution in [1.29, 1.82) is 0 Å². The first kappa shape index (κ1) is 18.1. The minimum absolute atomic E-state index is 0.379. The normalized spacial score (nSPS) is 10.2. The maximum absolute atomic E-state index is 5.88. The molecule has 0 saturated heterocycles. The van der Waals surface area contributed by atoms with E-state index in [1.54, 1.807) is 6.07 Å². The number of nitrogens with one attached hydrogen (secondary N) is 2. The number of aryl methyl sites for hydroxylation is 1. The van der Waals surface area contributed by atoms with Crippen LogP contribution in [0.3, 0.4) is 0 Å². The fourth-order valence-corrected chi connectivity index (χ4v) is 2.48. The summed E-state index contributed by atoms with van der Waals surface area (Å²) >= 11 is 11.2. The largest absolute Gasteiger partial charge is 0.439 e. The zero-order chi connectivity index (χ0) is 18.4. The van der Waals surface area contributed by atoms with Gasteiger partial charge in [-0.3, -0.25) is 0 Å². The molecule has 0 aliphatic rings. The zero-order valence-electron chi connectivity index (χ0n) is 14.1. The number of halogens is 1. The molecule has 0 bridgehead atoms. The lowest BCUT2D eigenvalue weighted by molar-refractivity contribution is 0.462. The van der Waals surface area contributed by atoms with Crippen LogP contribution in [0.1, 0.15) is 11.3 Å². The van der Waals surface area contributed by atoms with Gasteiger partial charge in [-0.2, -0.15) is 4.98 Å². The molecule has 1 heterocycles. The number of hydrogen-bond donors (Lipinski definition) is 2. The zero-order valence-corrected chi connectivity index (χ0v) is 15.6. The molecule has 0 radical (unpaired) electrons.